The van der Waals surface area contributed by atoms with Crippen molar-refractivity contribution in [1.29, 1.82) is 0 Å². The molecule has 0 N–H and O–H groups in total. The van der Waals surface area contributed by atoms with E-state index in [1.807, 2.05) is 32.9 Å². The second-order valence-electron chi connectivity index (χ2n) is 2.77. The van der Waals surface area contributed by atoms with Gasteiger partial charge in [-0.2, -0.15) is 0 Å². The van der Waals surface area contributed by atoms with Crippen LogP contribution in [0.5, 0.6) is 0 Å². The van der Waals surface area contributed by atoms with Crippen molar-refractivity contribution in [1.82, 2.24) is 0 Å². The first kappa shape index (κ1) is 16.3. The van der Waals surface area contributed by atoms with Crippen LogP contribution in [0, 0.1) is 0 Å². The number of hydrogen-bond donors (Lipinski definition) is 0. The SMILES string of the molecule is CC.C\C=C/C(F)=C\C=C(C)/C=C/CC. The third-order valence-corrected chi connectivity index (χ3v) is 1.45. The van der Waals surface area contributed by atoms with Gasteiger partial charge in [0.05, 0.1) is 0 Å². The lowest BCUT2D eigenvalue weighted by molar-refractivity contribution is 0.667. The predicted molar refractivity (Wildman–Crippen MR) is 68.5 cm³/mol. The van der Waals surface area contributed by atoms with E-state index in [4.69, 9.17) is 0 Å². The number of hydrogen-bond acceptors (Lipinski definition) is 0. The van der Waals surface area contributed by atoms with Gasteiger partial charge in [0.15, 0.2) is 0 Å². The van der Waals surface area contributed by atoms with Crippen LogP contribution >= 0.6 is 0 Å². The Morgan fingerprint density at radius 3 is 2.20 bits per heavy atom. The molecule has 0 aromatic heterocycles. The topological polar surface area (TPSA) is 0 Å². The first-order valence-corrected chi connectivity index (χ1v) is 5.54. The smallest absolute Gasteiger partial charge is 0.122 e. The summed E-state index contributed by atoms with van der Waals surface area (Å²) >= 11 is 0. The fourth-order valence-electron chi connectivity index (χ4n) is 0.785. The summed E-state index contributed by atoms with van der Waals surface area (Å²) in [6.07, 6.45) is 11.4. The molecule has 0 bridgehead atoms. The molecule has 0 radical (unpaired) electrons. The minimum atomic E-state index is -0.216. The highest BCUT2D eigenvalue weighted by atomic mass is 19.1. The summed E-state index contributed by atoms with van der Waals surface area (Å²) in [6.45, 7) is 9.81. The largest absolute Gasteiger partial charge is 0.207 e. The molecule has 0 spiro atoms. The molecule has 0 amide bonds. The summed E-state index contributed by atoms with van der Waals surface area (Å²) in [6, 6.07) is 0. The third kappa shape index (κ3) is 12.9. The molecule has 0 aromatic rings. The van der Waals surface area contributed by atoms with Crippen LogP contribution in [0.25, 0.3) is 0 Å². The molecule has 86 valence electrons. The molecular formula is C14H23F. The standard InChI is InChI=1S/C12H17F.C2H6/c1-4-6-8-11(3)9-10-12(13)7-5-2;1-2/h5-10H,4H2,1-3H3;1-2H3/b7-5-,8-6+,11-9-,12-10+;. The monoisotopic (exact) mass is 210 g/mol. The highest BCUT2D eigenvalue weighted by molar-refractivity contribution is 5.25. The van der Waals surface area contributed by atoms with Gasteiger partial charge in [-0.05, 0) is 32.4 Å². The second-order valence-corrected chi connectivity index (χ2v) is 2.77. The summed E-state index contributed by atoms with van der Waals surface area (Å²) < 4.78 is 12.8. The fourth-order valence-corrected chi connectivity index (χ4v) is 0.785. The van der Waals surface area contributed by atoms with Crippen molar-refractivity contribution in [2.75, 3.05) is 0 Å². The maximum Gasteiger partial charge on any atom is 0.122 e. The molecule has 0 aliphatic heterocycles. The van der Waals surface area contributed by atoms with Gasteiger partial charge in [-0.3, -0.25) is 0 Å². The molecule has 15 heavy (non-hydrogen) atoms. The van der Waals surface area contributed by atoms with E-state index in [9.17, 15) is 4.39 Å². The van der Waals surface area contributed by atoms with Gasteiger partial charge in [0.1, 0.15) is 5.83 Å². The van der Waals surface area contributed by atoms with Gasteiger partial charge >= 0.3 is 0 Å². The van der Waals surface area contributed by atoms with Crippen molar-refractivity contribution >= 4 is 0 Å². The molecule has 0 aliphatic rings. The van der Waals surface area contributed by atoms with Gasteiger partial charge in [0, 0.05) is 0 Å². The average molecular weight is 210 g/mol. The van der Waals surface area contributed by atoms with Crippen molar-refractivity contribution in [3.05, 3.63) is 47.9 Å². The molecule has 0 heterocycles. The van der Waals surface area contributed by atoms with Gasteiger partial charge in [0.2, 0.25) is 0 Å². The summed E-state index contributed by atoms with van der Waals surface area (Å²) in [5.74, 6) is -0.216. The Morgan fingerprint density at radius 2 is 1.73 bits per heavy atom. The van der Waals surface area contributed by atoms with Gasteiger partial charge in [-0.1, -0.05) is 50.6 Å². The van der Waals surface area contributed by atoms with Gasteiger partial charge in [-0.15, -0.1) is 0 Å². The molecule has 0 rings (SSSR count). The second kappa shape index (κ2) is 12.9. The third-order valence-electron chi connectivity index (χ3n) is 1.45. The maximum absolute atomic E-state index is 12.8. The molecule has 0 fully saturated rings. The van der Waals surface area contributed by atoms with E-state index in [1.165, 1.54) is 12.2 Å². The van der Waals surface area contributed by atoms with Crippen LogP contribution in [0.15, 0.2) is 47.9 Å². The van der Waals surface area contributed by atoms with Crippen LogP contribution in [0.4, 0.5) is 4.39 Å². The van der Waals surface area contributed by atoms with Crippen LogP contribution in [0.3, 0.4) is 0 Å². The summed E-state index contributed by atoms with van der Waals surface area (Å²) in [5.41, 5.74) is 1.06. The highest BCUT2D eigenvalue weighted by Crippen LogP contribution is 2.02. The quantitative estimate of drug-likeness (QED) is 0.548. The van der Waals surface area contributed by atoms with Crippen molar-refractivity contribution in [3.8, 4) is 0 Å². The predicted octanol–water partition coefficient (Wildman–Crippen LogP) is 5.35. The van der Waals surface area contributed by atoms with Gasteiger partial charge in [-0.25, -0.2) is 4.39 Å². The lowest BCUT2D eigenvalue weighted by Crippen LogP contribution is -1.68. The number of rotatable bonds is 4. The Labute approximate surface area is 93.9 Å². The lowest BCUT2D eigenvalue weighted by Gasteiger charge is -1.88. The Bertz CT molecular complexity index is 242. The van der Waals surface area contributed by atoms with Crippen LogP contribution in [0.2, 0.25) is 0 Å². The Morgan fingerprint density at radius 1 is 1.13 bits per heavy atom. The average Bonchev–Trinajstić information content (AvgIpc) is 2.26. The highest BCUT2D eigenvalue weighted by Gasteiger charge is 1.83. The molecule has 0 unspecified atom stereocenters. The zero-order valence-corrected chi connectivity index (χ0v) is 10.5. The summed E-state index contributed by atoms with van der Waals surface area (Å²) in [4.78, 5) is 0. The molecule has 0 saturated carbocycles. The van der Waals surface area contributed by atoms with E-state index in [1.54, 1.807) is 19.1 Å². The van der Waals surface area contributed by atoms with Crippen LogP contribution in [-0.2, 0) is 0 Å². The van der Waals surface area contributed by atoms with Gasteiger partial charge in [0.25, 0.3) is 0 Å². The molecule has 0 atom stereocenters. The Kier molecular flexibility index (Phi) is 14.0. The summed E-state index contributed by atoms with van der Waals surface area (Å²) in [7, 11) is 0. The van der Waals surface area contributed by atoms with E-state index in [0.29, 0.717) is 0 Å². The number of halogens is 1. The Hall–Kier alpha value is -1.11. The summed E-state index contributed by atoms with van der Waals surface area (Å²) in [5, 5.41) is 0. The van der Waals surface area contributed by atoms with Crippen LogP contribution in [-0.4, -0.2) is 0 Å². The van der Waals surface area contributed by atoms with Crippen molar-refractivity contribution in [3.63, 3.8) is 0 Å². The molecule has 0 aromatic carbocycles. The molecular weight excluding hydrogens is 187 g/mol. The fraction of sp³-hybridized carbons (Fsp3) is 0.429. The molecule has 1 heteroatoms. The zero-order chi connectivity index (χ0) is 12.1. The van der Waals surface area contributed by atoms with E-state index in [-0.39, 0.29) is 5.83 Å². The first-order valence-electron chi connectivity index (χ1n) is 5.54. The minimum Gasteiger partial charge on any atom is -0.207 e. The zero-order valence-electron chi connectivity index (χ0n) is 10.5. The van der Waals surface area contributed by atoms with Crippen LogP contribution in [0.1, 0.15) is 41.0 Å². The lowest BCUT2D eigenvalue weighted by atomic mass is 10.2. The minimum absolute atomic E-state index is 0.216. The molecule has 0 saturated heterocycles. The number of allylic oxidation sites excluding steroid dienone is 8. The van der Waals surface area contributed by atoms with E-state index >= 15 is 0 Å². The molecule has 0 nitrogen and oxygen atoms in total. The van der Waals surface area contributed by atoms with E-state index in [2.05, 4.69) is 6.92 Å². The van der Waals surface area contributed by atoms with E-state index < -0.39 is 0 Å². The Balaban J connectivity index is 0. The van der Waals surface area contributed by atoms with Crippen LogP contribution < -0.4 is 0 Å². The van der Waals surface area contributed by atoms with Crippen molar-refractivity contribution < 1.29 is 4.39 Å². The van der Waals surface area contributed by atoms with E-state index in [0.717, 1.165) is 12.0 Å². The first-order chi connectivity index (χ1) is 7.20. The van der Waals surface area contributed by atoms with Gasteiger partial charge < -0.3 is 0 Å². The normalized spacial score (nSPS) is 13.2. The van der Waals surface area contributed by atoms with Crippen molar-refractivity contribution in [2.45, 2.75) is 41.0 Å². The maximum atomic E-state index is 12.8. The van der Waals surface area contributed by atoms with Crippen molar-refractivity contribution in [2.24, 2.45) is 0 Å². The molecule has 0 aliphatic carbocycles.